The summed E-state index contributed by atoms with van der Waals surface area (Å²) in [5.74, 6) is 6.12. The molecule has 0 saturated carbocycles. The van der Waals surface area contributed by atoms with Gasteiger partial charge in [0, 0.05) is 11.8 Å². The van der Waals surface area contributed by atoms with Crippen LogP contribution in [0.1, 0.15) is 21.9 Å². The van der Waals surface area contributed by atoms with Gasteiger partial charge in [0.15, 0.2) is 5.82 Å². The van der Waals surface area contributed by atoms with E-state index in [0.29, 0.717) is 23.0 Å². The van der Waals surface area contributed by atoms with E-state index in [4.69, 9.17) is 16.3 Å². The molecule has 0 aliphatic rings. The first-order valence-electron chi connectivity index (χ1n) is 5.93. The number of primary amides is 1. The maximum absolute atomic E-state index is 11.3. The van der Waals surface area contributed by atoms with Gasteiger partial charge < -0.3 is 15.9 Å². The van der Waals surface area contributed by atoms with E-state index < -0.39 is 5.91 Å². The number of hydrazine groups is 1. The second-order valence-corrected chi connectivity index (χ2v) is 4.10. The molecule has 104 valence electrons. The molecule has 0 fully saturated rings. The summed E-state index contributed by atoms with van der Waals surface area (Å²) in [5.41, 5.74) is 8.81. The topological polar surface area (TPSA) is 116 Å². The number of nitrogens with zero attached hydrogens (tertiary/aromatic N) is 2. The van der Waals surface area contributed by atoms with Crippen molar-refractivity contribution in [2.75, 3.05) is 5.43 Å². The van der Waals surface area contributed by atoms with Crippen molar-refractivity contribution in [3.05, 3.63) is 47.4 Å². The zero-order valence-electron chi connectivity index (χ0n) is 11.0. The van der Waals surface area contributed by atoms with Crippen LogP contribution in [0, 0.1) is 6.92 Å². The van der Waals surface area contributed by atoms with E-state index in [2.05, 4.69) is 15.4 Å². The Morgan fingerprint density at radius 1 is 1.35 bits per heavy atom. The number of hydrogen-bond donors (Lipinski definition) is 3. The monoisotopic (exact) mass is 273 g/mol. The summed E-state index contributed by atoms with van der Waals surface area (Å²) in [4.78, 5) is 19.6. The molecule has 1 aromatic heterocycles. The normalized spacial score (nSPS) is 10.1. The number of ether oxygens (including phenoxy) is 1. The Bertz CT molecular complexity index is 630. The minimum Gasteiger partial charge on any atom is -0.485 e. The third kappa shape index (κ3) is 3.21. The molecule has 0 atom stereocenters. The number of nitrogens with one attached hydrogen (secondary N) is 1. The lowest BCUT2D eigenvalue weighted by Crippen LogP contribution is -2.14. The number of carbonyl (C=O) groups is 1. The van der Waals surface area contributed by atoms with Crippen LogP contribution >= 0.6 is 0 Å². The van der Waals surface area contributed by atoms with Gasteiger partial charge in [0.05, 0.1) is 5.56 Å². The third-order valence-corrected chi connectivity index (χ3v) is 2.56. The number of hydrogen-bond acceptors (Lipinski definition) is 6. The van der Waals surface area contributed by atoms with Crippen molar-refractivity contribution >= 4 is 11.7 Å². The molecular weight excluding hydrogens is 258 g/mol. The van der Waals surface area contributed by atoms with Crippen LogP contribution in [0.3, 0.4) is 0 Å². The third-order valence-electron chi connectivity index (χ3n) is 2.56. The Labute approximate surface area is 115 Å². The molecular formula is C13H15N5O2. The van der Waals surface area contributed by atoms with Crippen LogP contribution in [0.4, 0.5) is 5.82 Å². The fraction of sp³-hybridized carbons (Fsp3) is 0.154. The van der Waals surface area contributed by atoms with Crippen LogP contribution < -0.4 is 21.7 Å². The highest BCUT2D eigenvalue weighted by Crippen LogP contribution is 2.18. The van der Waals surface area contributed by atoms with E-state index in [-0.39, 0.29) is 6.61 Å². The minimum atomic E-state index is -0.546. The largest absolute Gasteiger partial charge is 0.485 e. The number of anilines is 1. The van der Waals surface area contributed by atoms with Crippen LogP contribution in [0.25, 0.3) is 0 Å². The summed E-state index contributed by atoms with van der Waals surface area (Å²) >= 11 is 0. The van der Waals surface area contributed by atoms with Gasteiger partial charge in [-0.1, -0.05) is 12.1 Å². The van der Waals surface area contributed by atoms with Crippen LogP contribution in [-0.4, -0.2) is 15.9 Å². The first kappa shape index (κ1) is 13.8. The smallest absolute Gasteiger partial charge is 0.252 e. The van der Waals surface area contributed by atoms with E-state index in [1.165, 1.54) is 0 Å². The zero-order chi connectivity index (χ0) is 14.5. The fourth-order valence-electron chi connectivity index (χ4n) is 1.71. The van der Waals surface area contributed by atoms with Crippen LogP contribution in [0.15, 0.2) is 30.3 Å². The molecule has 1 amide bonds. The van der Waals surface area contributed by atoms with Gasteiger partial charge in [-0.05, 0) is 19.1 Å². The molecule has 7 heteroatoms. The van der Waals surface area contributed by atoms with Crippen molar-refractivity contribution in [3.8, 4) is 5.75 Å². The van der Waals surface area contributed by atoms with Gasteiger partial charge in [-0.15, -0.1) is 0 Å². The summed E-state index contributed by atoms with van der Waals surface area (Å²) in [5, 5.41) is 0. The molecule has 20 heavy (non-hydrogen) atoms. The number of aryl methyl sites for hydroxylation is 1. The second kappa shape index (κ2) is 5.98. The number of nitrogens with two attached hydrogens (primary N) is 2. The van der Waals surface area contributed by atoms with E-state index >= 15 is 0 Å². The summed E-state index contributed by atoms with van der Waals surface area (Å²) in [6.45, 7) is 1.93. The SMILES string of the molecule is Cc1cc(NN)nc(COc2ccccc2C(N)=O)n1. The molecule has 0 bridgehead atoms. The molecule has 7 nitrogen and oxygen atoms in total. The van der Waals surface area contributed by atoms with E-state index in [9.17, 15) is 4.79 Å². The van der Waals surface area contributed by atoms with Gasteiger partial charge in [0.25, 0.3) is 5.91 Å². The summed E-state index contributed by atoms with van der Waals surface area (Å²) in [6, 6.07) is 8.44. The molecule has 5 N–H and O–H groups in total. The molecule has 0 unspecified atom stereocenters. The number of amides is 1. The van der Waals surface area contributed by atoms with Gasteiger partial charge in [0.1, 0.15) is 18.2 Å². The van der Waals surface area contributed by atoms with Crippen molar-refractivity contribution < 1.29 is 9.53 Å². The number of nitrogen functional groups attached to an aromatic ring is 1. The predicted molar refractivity (Wildman–Crippen MR) is 73.9 cm³/mol. The maximum Gasteiger partial charge on any atom is 0.252 e. The predicted octanol–water partition coefficient (Wildman–Crippen LogP) is 0.749. The van der Waals surface area contributed by atoms with Gasteiger partial charge in [-0.3, -0.25) is 4.79 Å². The van der Waals surface area contributed by atoms with E-state index in [1.807, 2.05) is 6.92 Å². The number of benzene rings is 1. The first-order chi connectivity index (χ1) is 9.60. The van der Waals surface area contributed by atoms with E-state index in [1.54, 1.807) is 30.3 Å². The quantitative estimate of drug-likeness (QED) is 0.546. The molecule has 0 radical (unpaired) electrons. The second-order valence-electron chi connectivity index (χ2n) is 4.10. The Kier molecular flexibility index (Phi) is 4.11. The van der Waals surface area contributed by atoms with Gasteiger partial charge >= 0.3 is 0 Å². The Morgan fingerprint density at radius 2 is 2.10 bits per heavy atom. The average Bonchev–Trinajstić information content (AvgIpc) is 2.44. The first-order valence-corrected chi connectivity index (χ1v) is 5.93. The fourth-order valence-corrected chi connectivity index (χ4v) is 1.71. The summed E-state index contributed by atoms with van der Waals surface area (Å²) in [7, 11) is 0. The zero-order valence-corrected chi connectivity index (χ0v) is 11.0. The highest BCUT2D eigenvalue weighted by atomic mass is 16.5. The Balaban J connectivity index is 2.17. The molecule has 0 aliphatic carbocycles. The van der Waals surface area contributed by atoms with Crippen molar-refractivity contribution in [2.45, 2.75) is 13.5 Å². The lowest BCUT2D eigenvalue weighted by atomic mass is 10.2. The Morgan fingerprint density at radius 3 is 2.80 bits per heavy atom. The molecule has 2 aromatic rings. The van der Waals surface area contributed by atoms with Crippen LogP contribution in [-0.2, 0) is 6.61 Å². The number of para-hydroxylation sites is 1. The number of aromatic nitrogens is 2. The molecule has 1 heterocycles. The van der Waals surface area contributed by atoms with Gasteiger partial charge in [0.2, 0.25) is 0 Å². The van der Waals surface area contributed by atoms with Crippen molar-refractivity contribution in [1.29, 1.82) is 0 Å². The highest BCUT2D eigenvalue weighted by molar-refractivity contribution is 5.95. The van der Waals surface area contributed by atoms with Crippen LogP contribution in [0.2, 0.25) is 0 Å². The van der Waals surface area contributed by atoms with Gasteiger partial charge in [-0.2, -0.15) is 0 Å². The van der Waals surface area contributed by atoms with Crippen molar-refractivity contribution in [1.82, 2.24) is 9.97 Å². The highest BCUT2D eigenvalue weighted by Gasteiger charge is 2.09. The molecule has 1 aromatic carbocycles. The molecule has 0 saturated heterocycles. The molecule has 2 rings (SSSR count). The number of carbonyl (C=O) groups excluding carboxylic acids is 1. The molecule has 0 aliphatic heterocycles. The van der Waals surface area contributed by atoms with Crippen molar-refractivity contribution in [2.24, 2.45) is 11.6 Å². The maximum atomic E-state index is 11.3. The number of rotatable bonds is 5. The van der Waals surface area contributed by atoms with Gasteiger partial charge in [-0.25, -0.2) is 15.8 Å². The average molecular weight is 273 g/mol. The molecule has 0 spiro atoms. The van der Waals surface area contributed by atoms with Crippen molar-refractivity contribution in [3.63, 3.8) is 0 Å². The Hall–Kier alpha value is -2.67. The summed E-state index contributed by atoms with van der Waals surface area (Å²) in [6.07, 6.45) is 0. The van der Waals surface area contributed by atoms with E-state index in [0.717, 1.165) is 5.69 Å². The summed E-state index contributed by atoms with van der Waals surface area (Å²) < 4.78 is 5.54. The minimum absolute atomic E-state index is 0.112. The standard InChI is InChI=1S/C13H15N5O2/c1-8-6-11(18-15)17-12(16-8)7-20-10-5-3-2-4-9(10)13(14)19/h2-6H,7,15H2,1H3,(H2,14,19)(H,16,17,18). The lowest BCUT2D eigenvalue weighted by Gasteiger charge is -2.09. The lowest BCUT2D eigenvalue weighted by molar-refractivity contribution is 0.0995. The van der Waals surface area contributed by atoms with Crippen LogP contribution in [0.5, 0.6) is 5.75 Å².